The van der Waals surface area contributed by atoms with Crippen LogP contribution in [0.15, 0.2) is 17.0 Å². The van der Waals surface area contributed by atoms with E-state index in [1.54, 1.807) is 26.0 Å². The number of aliphatic hydroxyl groups is 1. The quantitative estimate of drug-likeness (QED) is 0.672. The van der Waals surface area contributed by atoms with Gasteiger partial charge in [0.25, 0.3) is 0 Å². The Kier molecular flexibility index (Phi) is 5.70. The van der Waals surface area contributed by atoms with Gasteiger partial charge in [0.05, 0.1) is 12.0 Å². The SMILES string of the molecule is COc1cc(C)c(S(=O)(=O)NCC[C@H](O)C(=O)O)c(C)c1. The smallest absolute Gasteiger partial charge is 0.332 e. The predicted molar refractivity (Wildman–Crippen MR) is 75.9 cm³/mol. The largest absolute Gasteiger partial charge is 0.497 e. The topological polar surface area (TPSA) is 113 Å². The zero-order valence-corrected chi connectivity index (χ0v) is 12.9. The number of hydrogen-bond acceptors (Lipinski definition) is 5. The van der Waals surface area contributed by atoms with Gasteiger partial charge in [-0.3, -0.25) is 0 Å². The summed E-state index contributed by atoms with van der Waals surface area (Å²) in [7, 11) is -2.28. The first kappa shape index (κ1) is 17.4. The Morgan fingerprint density at radius 2 is 1.86 bits per heavy atom. The first-order valence-electron chi connectivity index (χ1n) is 6.25. The molecule has 0 aliphatic carbocycles. The van der Waals surface area contributed by atoms with E-state index in [9.17, 15) is 13.2 Å². The van der Waals surface area contributed by atoms with Gasteiger partial charge in [-0.05, 0) is 43.5 Å². The summed E-state index contributed by atoms with van der Waals surface area (Å²) in [6.07, 6.45) is -1.80. The van der Waals surface area contributed by atoms with Gasteiger partial charge >= 0.3 is 5.97 Å². The summed E-state index contributed by atoms with van der Waals surface area (Å²) in [6.45, 7) is 3.13. The highest BCUT2D eigenvalue weighted by atomic mass is 32.2. The van der Waals surface area contributed by atoms with Crippen LogP contribution in [0.3, 0.4) is 0 Å². The molecule has 7 nitrogen and oxygen atoms in total. The van der Waals surface area contributed by atoms with Crippen molar-refractivity contribution in [1.29, 1.82) is 0 Å². The van der Waals surface area contributed by atoms with Crippen molar-refractivity contribution in [2.45, 2.75) is 31.3 Å². The van der Waals surface area contributed by atoms with Gasteiger partial charge in [0.15, 0.2) is 6.10 Å². The average molecular weight is 317 g/mol. The molecule has 0 saturated carbocycles. The number of hydrogen-bond donors (Lipinski definition) is 3. The van der Waals surface area contributed by atoms with E-state index in [0.29, 0.717) is 16.9 Å². The van der Waals surface area contributed by atoms with Crippen LogP contribution in [-0.4, -0.2) is 44.4 Å². The van der Waals surface area contributed by atoms with E-state index in [-0.39, 0.29) is 17.9 Å². The number of sulfonamides is 1. The van der Waals surface area contributed by atoms with Crippen molar-refractivity contribution in [1.82, 2.24) is 4.72 Å². The van der Waals surface area contributed by atoms with Gasteiger partial charge in [-0.2, -0.15) is 0 Å². The maximum absolute atomic E-state index is 12.2. The first-order valence-corrected chi connectivity index (χ1v) is 7.73. The minimum Gasteiger partial charge on any atom is -0.497 e. The van der Waals surface area contributed by atoms with Gasteiger partial charge in [0.2, 0.25) is 10.0 Å². The summed E-state index contributed by atoms with van der Waals surface area (Å²) < 4.78 is 31.8. The summed E-state index contributed by atoms with van der Waals surface area (Å²) in [5.41, 5.74) is 1.05. The van der Waals surface area contributed by atoms with Crippen LogP contribution in [0.25, 0.3) is 0 Å². The van der Waals surface area contributed by atoms with E-state index in [4.69, 9.17) is 14.9 Å². The molecule has 0 saturated heterocycles. The number of benzene rings is 1. The minimum atomic E-state index is -3.78. The van der Waals surface area contributed by atoms with Crippen LogP contribution in [0.2, 0.25) is 0 Å². The van der Waals surface area contributed by atoms with Gasteiger partial charge in [0, 0.05) is 6.54 Å². The van der Waals surface area contributed by atoms with Gasteiger partial charge in [-0.25, -0.2) is 17.9 Å². The fourth-order valence-corrected chi connectivity index (χ4v) is 3.47. The van der Waals surface area contributed by atoms with E-state index in [0.717, 1.165) is 0 Å². The molecule has 0 spiro atoms. The third-order valence-corrected chi connectivity index (χ3v) is 4.70. The third kappa shape index (κ3) is 4.42. The lowest BCUT2D eigenvalue weighted by Gasteiger charge is -2.14. The van der Waals surface area contributed by atoms with Crippen LogP contribution in [0.5, 0.6) is 5.75 Å². The number of carboxylic acids is 1. The molecule has 118 valence electrons. The van der Waals surface area contributed by atoms with Gasteiger partial charge in [-0.1, -0.05) is 0 Å². The number of carbonyl (C=O) groups is 1. The second-order valence-corrected chi connectivity index (χ2v) is 6.33. The van der Waals surface area contributed by atoms with E-state index in [1.165, 1.54) is 7.11 Å². The fourth-order valence-electron chi connectivity index (χ4n) is 1.98. The normalized spacial score (nSPS) is 13.0. The Morgan fingerprint density at radius 3 is 2.29 bits per heavy atom. The Morgan fingerprint density at radius 1 is 1.33 bits per heavy atom. The monoisotopic (exact) mass is 317 g/mol. The van der Waals surface area contributed by atoms with Crippen molar-refractivity contribution in [2.75, 3.05) is 13.7 Å². The highest BCUT2D eigenvalue weighted by Crippen LogP contribution is 2.25. The van der Waals surface area contributed by atoms with Gasteiger partial charge in [-0.15, -0.1) is 0 Å². The molecule has 3 N–H and O–H groups in total. The molecule has 0 unspecified atom stereocenters. The van der Waals surface area contributed by atoms with Crippen molar-refractivity contribution < 1.29 is 28.2 Å². The maximum Gasteiger partial charge on any atom is 0.332 e. The van der Waals surface area contributed by atoms with Gasteiger partial charge in [0.1, 0.15) is 5.75 Å². The summed E-state index contributed by atoms with van der Waals surface area (Å²) in [5, 5.41) is 17.7. The number of aliphatic hydroxyl groups excluding tert-OH is 1. The lowest BCUT2D eigenvalue weighted by atomic mass is 10.1. The van der Waals surface area contributed by atoms with Crippen molar-refractivity contribution >= 4 is 16.0 Å². The Labute approximate surface area is 123 Å². The van der Waals surface area contributed by atoms with Crippen molar-refractivity contribution in [2.24, 2.45) is 0 Å². The number of carboxylic acid groups (broad SMARTS) is 1. The fraction of sp³-hybridized carbons (Fsp3) is 0.462. The molecule has 8 heteroatoms. The Hall–Kier alpha value is -1.64. The number of aryl methyl sites for hydroxylation is 2. The van der Waals surface area contributed by atoms with Gasteiger partial charge < -0.3 is 14.9 Å². The second kappa shape index (κ2) is 6.88. The molecule has 0 amide bonds. The molecule has 0 bridgehead atoms. The maximum atomic E-state index is 12.2. The molecule has 0 fully saturated rings. The van der Waals surface area contributed by atoms with Crippen molar-refractivity contribution in [3.05, 3.63) is 23.3 Å². The number of aliphatic carboxylic acids is 1. The van der Waals surface area contributed by atoms with Crippen molar-refractivity contribution in [3.63, 3.8) is 0 Å². The van der Waals surface area contributed by atoms with Crippen LogP contribution in [0, 0.1) is 13.8 Å². The molecule has 1 atom stereocenters. The number of ether oxygens (including phenoxy) is 1. The highest BCUT2D eigenvalue weighted by molar-refractivity contribution is 7.89. The molecule has 1 aromatic rings. The van der Waals surface area contributed by atoms with Crippen LogP contribution in [-0.2, 0) is 14.8 Å². The summed E-state index contributed by atoms with van der Waals surface area (Å²) in [4.78, 5) is 10.6. The minimum absolute atomic E-state index is 0.133. The lowest BCUT2D eigenvalue weighted by Crippen LogP contribution is -2.30. The molecule has 0 aromatic heterocycles. The molecule has 1 rings (SSSR count). The van der Waals surface area contributed by atoms with E-state index in [1.807, 2.05) is 0 Å². The average Bonchev–Trinajstić information content (AvgIpc) is 2.36. The lowest BCUT2D eigenvalue weighted by molar-refractivity contribution is -0.146. The standard InChI is InChI=1S/C13H19NO6S/c1-8-6-10(20-3)7-9(2)12(8)21(18,19)14-5-4-11(15)13(16)17/h6-7,11,14-15H,4-5H2,1-3H3,(H,16,17)/t11-/m0/s1. The van der Waals surface area contributed by atoms with Crippen LogP contribution in [0.4, 0.5) is 0 Å². The highest BCUT2D eigenvalue weighted by Gasteiger charge is 2.21. The molecule has 21 heavy (non-hydrogen) atoms. The predicted octanol–water partition coefficient (Wildman–Crippen LogP) is 0.426. The van der Waals surface area contributed by atoms with E-state index in [2.05, 4.69) is 4.72 Å². The van der Waals surface area contributed by atoms with Crippen LogP contribution in [0.1, 0.15) is 17.5 Å². The molecule has 1 aromatic carbocycles. The van der Waals surface area contributed by atoms with Crippen molar-refractivity contribution in [3.8, 4) is 5.75 Å². The zero-order valence-electron chi connectivity index (χ0n) is 12.1. The molecule has 0 aliphatic rings. The third-order valence-electron chi connectivity index (χ3n) is 2.93. The molecular weight excluding hydrogens is 298 g/mol. The molecular formula is C13H19NO6S. The number of rotatable bonds is 7. The first-order chi connectivity index (χ1) is 9.69. The van der Waals surface area contributed by atoms with E-state index < -0.39 is 22.1 Å². The summed E-state index contributed by atoms with van der Waals surface area (Å²) >= 11 is 0. The summed E-state index contributed by atoms with van der Waals surface area (Å²) in [6, 6.07) is 3.21. The Balaban J connectivity index is 2.91. The van der Waals surface area contributed by atoms with Crippen LogP contribution >= 0.6 is 0 Å². The van der Waals surface area contributed by atoms with E-state index >= 15 is 0 Å². The molecule has 0 aliphatic heterocycles. The Bertz CT molecular complexity index is 603. The molecule has 0 radical (unpaired) electrons. The zero-order chi connectivity index (χ0) is 16.2. The number of nitrogens with one attached hydrogen (secondary N) is 1. The molecule has 0 heterocycles. The number of methoxy groups -OCH3 is 1. The second-order valence-electron chi connectivity index (χ2n) is 4.63. The van der Waals surface area contributed by atoms with Crippen LogP contribution < -0.4 is 9.46 Å². The summed E-state index contributed by atoms with van der Waals surface area (Å²) in [5.74, 6) is -0.823.